The molecule has 1 aliphatic rings. The lowest BCUT2D eigenvalue weighted by molar-refractivity contribution is -0.149. The molecule has 0 spiro atoms. The minimum atomic E-state index is -0.367. The van der Waals surface area contributed by atoms with Gasteiger partial charge in [-0.1, -0.05) is 12.1 Å². The first-order valence-electron chi connectivity index (χ1n) is 10.7. The van der Waals surface area contributed by atoms with Crippen molar-refractivity contribution < 1.29 is 18.7 Å². The monoisotopic (exact) mass is 428 g/mol. The van der Waals surface area contributed by atoms with Crippen LogP contribution in [0.3, 0.4) is 0 Å². The van der Waals surface area contributed by atoms with Gasteiger partial charge in [0.1, 0.15) is 11.6 Å². The Kier molecular flexibility index (Phi) is 8.20. The number of hydrogen-bond acceptors (Lipinski definition) is 5. The van der Waals surface area contributed by atoms with Gasteiger partial charge in [0.05, 0.1) is 19.1 Å². The minimum Gasteiger partial charge on any atom is -0.466 e. The highest BCUT2D eigenvalue weighted by Crippen LogP contribution is 2.24. The Balaban J connectivity index is 1.68. The van der Waals surface area contributed by atoms with E-state index in [1.165, 1.54) is 12.1 Å². The van der Waals surface area contributed by atoms with Gasteiger partial charge in [-0.15, -0.1) is 0 Å². The molecule has 0 bridgehead atoms. The molecule has 166 valence electrons. The van der Waals surface area contributed by atoms with Crippen molar-refractivity contribution in [2.24, 2.45) is 10.9 Å². The summed E-state index contributed by atoms with van der Waals surface area (Å²) >= 11 is 0. The number of hydrogen-bond donors (Lipinski definition) is 1. The van der Waals surface area contributed by atoms with E-state index in [1.807, 2.05) is 26.0 Å². The number of likely N-dealkylation sites (tertiary alicyclic amines) is 1. The Bertz CT molecular complexity index is 898. The topological polar surface area (TPSA) is 76.1 Å². The van der Waals surface area contributed by atoms with E-state index in [2.05, 4.69) is 15.2 Å². The molecule has 0 amide bonds. The highest BCUT2D eigenvalue weighted by molar-refractivity contribution is 5.80. The van der Waals surface area contributed by atoms with Gasteiger partial charge in [0.2, 0.25) is 5.88 Å². The molecule has 0 saturated carbocycles. The summed E-state index contributed by atoms with van der Waals surface area (Å²) in [6.45, 7) is 6.81. The number of piperidine rings is 1. The van der Waals surface area contributed by atoms with Crippen molar-refractivity contribution in [2.45, 2.75) is 33.2 Å². The third kappa shape index (κ3) is 6.41. The molecule has 0 atom stereocenters. The average Bonchev–Trinajstić information content (AvgIpc) is 2.78. The molecule has 2 aromatic rings. The normalized spacial score (nSPS) is 14.9. The van der Waals surface area contributed by atoms with E-state index in [0.29, 0.717) is 24.8 Å². The maximum absolute atomic E-state index is 13.5. The summed E-state index contributed by atoms with van der Waals surface area (Å²) in [7, 11) is 0. The van der Waals surface area contributed by atoms with Crippen LogP contribution in [0.1, 0.15) is 32.3 Å². The fourth-order valence-corrected chi connectivity index (χ4v) is 3.45. The third-order valence-corrected chi connectivity index (χ3v) is 5.01. The highest BCUT2D eigenvalue weighted by atomic mass is 19.1. The SMILES string of the molecule is CCNC(=NCc1cccnc1Oc1cccc(F)c1)N1CCC(C(=O)OCC)CC1. The second kappa shape index (κ2) is 11.3. The van der Waals surface area contributed by atoms with Gasteiger partial charge in [-0.05, 0) is 44.9 Å². The third-order valence-electron chi connectivity index (χ3n) is 5.01. The van der Waals surface area contributed by atoms with Gasteiger partial charge in [0.15, 0.2) is 5.96 Å². The van der Waals surface area contributed by atoms with E-state index in [4.69, 9.17) is 14.5 Å². The van der Waals surface area contributed by atoms with Crippen LogP contribution in [0, 0.1) is 11.7 Å². The Morgan fingerprint density at radius 3 is 2.77 bits per heavy atom. The van der Waals surface area contributed by atoms with Crippen LogP contribution in [-0.4, -0.2) is 48.1 Å². The molecule has 0 radical (unpaired) electrons. The number of rotatable bonds is 7. The van der Waals surface area contributed by atoms with Crippen molar-refractivity contribution in [3.63, 3.8) is 0 Å². The van der Waals surface area contributed by atoms with E-state index in [-0.39, 0.29) is 17.7 Å². The number of ether oxygens (including phenoxy) is 2. The lowest BCUT2D eigenvalue weighted by atomic mass is 9.97. The molecular formula is C23H29FN4O3. The summed E-state index contributed by atoms with van der Waals surface area (Å²) < 4.78 is 24.4. The number of carbonyl (C=O) groups excluding carboxylic acids is 1. The molecule has 1 saturated heterocycles. The Labute approximate surface area is 182 Å². The predicted octanol–water partition coefficient (Wildman–Crippen LogP) is 3.75. The van der Waals surface area contributed by atoms with E-state index < -0.39 is 0 Å². The average molecular weight is 429 g/mol. The largest absolute Gasteiger partial charge is 0.466 e. The molecule has 1 aromatic carbocycles. The van der Waals surface area contributed by atoms with Gasteiger partial charge in [0.25, 0.3) is 0 Å². The fourth-order valence-electron chi connectivity index (χ4n) is 3.45. The van der Waals surface area contributed by atoms with Crippen LogP contribution in [0.2, 0.25) is 0 Å². The molecule has 8 heteroatoms. The number of benzene rings is 1. The number of nitrogens with zero attached hydrogens (tertiary/aromatic N) is 3. The molecule has 0 unspecified atom stereocenters. The molecule has 3 rings (SSSR count). The minimum absolute atomic E-state index is 0.0522. The number of esters is 1. The molecule has 1 fully saturated rings. The van der Waals surface area contributed by atoms with E-state index in [1.54, 1.807) is 18.3 Å². The van der Waals surface area contributed by atoms with Gasteiger partial charge in [-0.25, -0.2) is 14.4 Å². The molecule has 0 aliphatic carbocycles. The van der Waals surface area contributed by atoms with Crippen LogP contribution >= 0.6 is 0 Å². The van der Waals surface area contributed by atoms with Crippen molar-refractivity contribution in [1.82, 2.24) is 15.2 Å². The number of nitrogens with one attached hydrogen (secondary N) is 1. The zero-order valence-electron chi connectivity index (χ0n) is 18.0. The van der Waals surface area contributed by atoms with Crippen LogP contribution in [-0.2, 0) is 16.1 Å². The van der Waals surface area contributed by atoms with Gasteiger partial charge in [-0.2, -0.15) is 0 Å². The standard InChI is InChI=1S/C23H29FN4O3/c1-3-25-23(28-13-10-17(11-14-28)22(29)30-4-2)27-16-18-7-6-12-26-21(18)31-20-9-5-8-19(24)15-20/h5-9,12,15,17H,3-4,10-11,13-14,16H2,1-2H3,(H,25,27). The first-order valence-corrected chi connectivity index (χ1v) is 10.7. The summed E-state index contributed by atoms with van der Waals surface area (Å²) in [6, 6.07) is 9.67. The number of guanidine groups is 1. The van der Waals surface area contributed by atoms with Gasteiger partial charge in [-0.3, -0.25) is 4.79 Å². The first-order chi connectivity index (χ1) is 15.1. The molecule has 1 aliphatic heterocycles. The predicted molar refractivity (Wildman–Crippen MR) is 116 cm³/mol. The zero-order valence-corrected chi connectivity index (χ0v) is 18.0. The van der Waals surface area contributed by atoms with E-state index in [0.717, 1.165) is 44.0 Å². The van der Waals surface area contributed by atoms with Gasteiger partial charge >= 0.3 is 5.97 Å². The van der Waals surface area contributed by atoms with E-state index in [9.17, 15) is 9.18 Å². The molecule has 1 N–H and O–H groups in total. The molecule has 2 heterocycles. The smallest absolute Gasteiger partial charge is 0.309 e. The fraction of sp³-hybridized carbons (Fsp3) is 0.435. The second-order valence-corrected chi connectivity index (χ2v) is 7.21. The Morgan fingerprint density at radius 2 is 2.06 bits per heavy atom. The van der Waals surface area contributed by atoms with Crippen molar-refractivity contribution in [3.05, 3.63) is 54.0 Å². The van der Waals surface area contributed by atoms with Crippen LogP contribution in [0.15, 0.2) is 47.6 Å². The number of halogens is 1. The summed E-state index contributed by atoms with van der Waals surface area (Å²) in [5, 5.41) is 3.32. The Morgan fingerprint density at radius 1 is 1.26 bits per heavy atom. The van der Waals surface area contributed by atoms with Crippen LogP contribution in [0.5, 0.6) is 11.6 Å². The van der Waals surface area contributed by atoms with Crippen LogP contribution in [0.4, 0.5) is 4.39 Å². The van der Waals surface area contributed by atoms with Crippen LogP contribution in [0.25, 0.3) is 0 Å². The number of carbonyl (C=O) groups is 1. The van der Waals surface area contributed by atoms with Gasteiger partial charge in [0, 0.05) is 37.5 Å². The van der Waals surface area contributed by atoms with Crippen molar-refractivity contribution in [3.8, 4) is 11.6 Å². The maximum atomic E-state index is 13.5. The number of aliphatic imine (C=N–C) groups is 1. The molecule has 31 heavy (non-hydrogen) atoms. The lowest BCUT2D eigenvalue weighted by Gasteiger charge is -2.33. The maximum Gasteiger partial charge on any atom is 0.309 e. The van der Waals surface area contributed by atoms with Crippen molar-refractivity contribution in [2.75, 3.05) is 26.2 Å². The van der Waals surface area contributed by atoms with Crippen molar-refractivity contribution in [1.29, 1.82) is 0 Å². The number of pyridine rings is 1. The summed E-state index contributed by atoms with van der Waals surface area (Å²) in [5.41, 5.74) is 0.795. The quantitative estimate of drug-likeness (QED) is 0.411. The summed E-state index contributed by atoms with van der Waals surface area (Å²) in [5.74, 6) is 1.03. The molecular weight excluding hydrogens is 399 g/mol. The molecule has 1 aromatic heterocycles. The highest BCUT2D eigenvalue weighted by Gasteiger charge is 2.27. The first kappa shape index (κ1) is 22.5. The molecule has 7 nitrogen and oxygen atoms in total. The van der Waals surface area contributed by atoms with Gasteiger partial charge < -0.3 is 19.7 Å². The lowest BCUT2D eigenvalue weighted by Crippen LogP contribution is -2.46. The van der Waals surface area contributed by atoms with Crippen LogP contribution < -0.4 is 10.1 Å². The Hall–Kier alpha value is -3.16. The number of aromatic nitrogens is 1. The summed E-state index contributed by atoms with van der Waals surface area (Å²) in [6.07, 6.45) is 3.11. The van der Waals surface area contributed by atoms with Crippen molar-refractivity contribution >= 4 is 11.9 Å². The second-order valence-electron chi connectivity index (χ2n) is 7.21. The van der Waals surface area contributed by atoms with E-state index >= 15 is 0 Å². The summed E-state index contributed by atoms with van der Waals surface area (Å²) in [4.78, 5) is 23.2. The zero-order chi connectivity index (χ0) is 22.1.